The fraction of sp³-hybridized carbons (Fsp3) is 0.400. The van der Waals surface area contributed by atoms with Crippen LogP contribution in [0.25, 0.3) is 0 Å². The molecule has 2 aliphatic carbocycles. The lowest BCUT2D eigenvalue weighted by Crippen LogP contribution is -1.83. The third kappa shape index (κ3) is 0.683. The molecule has 10 heavy (non-hydrogen) atoms. The Kier molecular flexibility index (Phi) is 1.10. The zero-order valence-electron chi connectivity index (χ0n) is 6.57. The first-order valence-electron chi connectivity index (χ1n) is 3.82. The smallest absolute Gasteiger partial charge is 0.00578 e. The first-order chi connectivity index (χ1) is 4.77. The summed E-state index contributed by atoms with van der Waals surface area (Å²) in [4.78, 5) is 0. The Hall–Kier alpha value is -0.780. The second-order valence-corrected chi connectivity index (χ2v) is 3.35. The minimum atomic E-state index is 1.23. The van der Waals surface area contributed by atoms with Crippen molar-refractivity contribution < 1.29 is 0 Å². The molecule has 0 spiro atoms. The van der Waals surface area contributed by atoms with Gasteiger partial charge in [-0.25, -0.2) is 0 Å². The molecule has 0 unspecified atom stereocenters. The molecule has 2 rings (SSSR count). The van der Waals surface area contributed by atoms with Crippen molar-refractivity contribution in [3.8, 4) is 0 Å². The highest BCUT2D eigenvalue weighted by Crippen LogP contribution is 2.40. The van der Waals surface area contributed by atoms with Crippen LogP contribution < -0.4 is 0 Å². The van der Waals surface area contributed by atoms with Crippen LogP contribution in [-0.2, 0) is 0 Å². The summed E-state index contributed by atoms with van der Waals surface area (Å²) in [5.41, 5.74) is 6.26. The van der Waals surface area contributed by atoms with Gasteiger partial charge < -0.3 is 0 Å². The Labute approximate surface area is 61.9 Å². The highest BCUT2D eigenvalue weighted by atomic mass is 14.3. The number of allylic oxidation sites excluding steroid dienone is 6. The molecule has 0 atom stereocenters. The summed E-state index contributed by atoms with van der Waals surface area (Å²) < 4.78 is 0. The fourth-order valence-electron chi connectivity index (χ4n) is 1.75. The predicted molar refractivity (Wildman–Crippen MR) is 43.8 cm³/mol. The van der Waals surface area contributed by atoms with E-state index in [4.69, 9.17) is 0 Å². The molecule has 0 aromatic carbocycles. The van der Waals surface area contributed by atoms with E-state index < -0.39 is 0 Å². The van der Waals surface area contributed by atoms with Gasteiger partial charge in [0, 0.05) is 0 Å². The molecule has 0 nitrogen and oxygen atoms in total. The number of hydrogen-bond donors (Lipinski definition) is 0. The van der Waals surface area contributed by atoms with Gasteiger partial charge in [-0.15, -0.1) is 0 Å². The zero-order chi connectivity index (χ0) is 7.14. The zero-order valence-corrected chi connectivity index (χ0v) is 6.57. The van der Waals surface area contributed by atoms with E-state index in [-0.39, 0.29) is 0 Å². The lowest BCUT2D eigenvalue weighted by atomic mass is 10.0. The second-order valence-electron chi connectivity index (χ2n) is 3.35. The molecule has 2 bridgehead atoms. The third-order valence-electron chi connectivity index (χ3n) is 2.33. The van der Waals surface area contributed by atoms with Crippen LogP contribution in [0.1, 0.15) is 26.7 Å². The molecule has 0 N–H and O–H groups in total. The van der Waals surface area contributed by atoms with Gasteiger partial charge in [-0.05, 0) is 37.8 Å². The van der Waals surface area contributed by atoms with E-state index in [1.54, 1.807) is 16.7 Å². The molecule has 0 radical (unpaired) electrons. The van der Waals surface area contributed by atoms with Gasteiger partial charge in [-0.2, -0.15) is 0 Å². The summed E-state index contributed by atoms with van der Waals surface area (Å²) in [7, 11) is 0. The lowest BCUT2D eigenvalue weighted by molar-refractivity contribution is 1.17. The van der Waals surface area contributed by atoms with Gasteiger partial charge in [-0.3, -0.25) is 0 Å². The van der Waals surface area contributed by atoms with Gasteiger partial charge in [0.1, 0.15) is 0 Å². The van der Waals surface area contributed by atoms with Gasteiger partial charge in [0.25, 0.3) is 0 Å². The minimum Gasteiger partial charge on any atom is -0.0726 e. The van der Waals surface area contributed by atoms with E-state index in [0.717, 1.165) is 0 Å². The summed E-state index contributed by atoms with van der Waals surface area (Å²) in [5.74, 6) is 0. The largest absolute Gasteiger partial charge is 0.0726 e. The predicted octanol–water partition coefficient (Wildman–Crippen LogP) is 2.98. The Balaban J connectivity index is 2.43. The second kappa shape index (κ2) is 1.85. The molecule has 2 aliphatic rings. The summed E-state index contributed by atoms with van der Waals surface area (Å²) in [6.07, 6.45) is 7.00. The fourth-order valence-corrected chi connectivity index (χ4v) is 1.75. The van der Waals surface area contributed by atoms with Gasteiger partial charge in [-0.1, -0.05) is 23.3 Å². The van der Waals surface area contributed by atoms with Crippen molar-refractivity contribution >= 4 is 0 Å². The van der Waals surface area contributed by atoms with Crippen molar-refractivity contribution in [1.29, 1.82) is 0 Å². The van der Waals surface area contributed by atoms with Crippen LogP contribution in [0.5, 0.6) is 0 Å². The van der Waals surface area contributed by atoms with Crippen LogP contribution in [0.4, 0.5) is 0 Å². The monoisotopic (exact) mass is 132 g/mol. The van der Waals surface area contributed by atoms with Crippen molar-refractivity contribution in [2.75, 3.05) is 0 Å². The Bertz CT molecular complexity index is 258. The van der Waals surface area contributed by atoms with E-state index in [2.05, 4.69) is 26.0 Å². The lowest BCUT2D eigenvalue weighted by Gasteiger charge is -2.02. The van der Waals surface area contributed by atoms with E-state index in [0.29, 0.717) is 0 Å². The molecule has 0 aromatic heterocycles. The van der Waals surface area contributed by atoms with E-state index in [9.17, 15) is 0 Å². The number of rotatable bonds is 0. The highest BCUT2D eigenvalue weighted by Gasteiger charge is 2.21. The first kappa shape index (κ1) is 5.96. The molecule has 0 heterocycles. The van der Waals surface area contributed by atoms with Crippen LogP contribution in [0.3, 0.4) is 0 Å². The van der Waals surface area contributed by atoms with Crippen LogP contribution in [-0.4, -0.2) is 0 Å². The topological polar surface area (TPSA) is 0 Å². The van der Waals surface area contributed by atoms with Gasteiger partial charge in [0.2, 0.25) is 0 Å². The first-order valence-corrected chi connectivity index (χ1v) is 3.82. The summed E-state index contributed by atoms with van der Waals surface area (Å²) in [6, 6.07) is 0. The molecule has 1 fully saturated rings. The molecule has 1 saturated carbocycles. The molecule has 0 heteroatoms. The molecular formula is C10H12. The van der Waals surface area contributed by atoms with Gasteiger partial charge in [0.15, 0.2) is 0 Å². The average Bonchev–Trinajstić information content (AvgIpc) is 2.44. The molecule has 0 aliphatic heterocycles. The van der Waals surface area contributed by atoms with E-state index in [1.165, 1.54) is 18.4 Å². The van der Waals surface area contributed by atoms with Crippen LogP contribution in [0.2, 0.25) is 0 Å². The highest BCUT2D eigenvalue weighted by molar-refractivity contribution is 5.53. The number of fused-ring (bicyclic) bond motifs is 2. The molecule has 0 saturated heterocycles. The maximum atomic E-state index is 2.27. The quantitative estimate of drug-likeness (QED) is 0.475. The molecule has 0 amide bonds. The van der Waals surface area contributed by atoms with Gasteiger partial charge >= 0.3 is 0 Å². The van der Waals surface area contributed by atoms with Crippen LogP contribution >= 0.6 is 0 Å². The third-order valence-corrected chi connectivity index (χ3v) is 2.33. The average molecular weight is 132 g/mol. The standard InChI is InChI=1S/C10H12/c1-7(2)10-6-8-3-4-9(10)5-8/h3-4H,5-6H2,1-2H3. The molecule has 0 aromatic rings. The van der Waals surface area contributed by atoms with Crippen molar-refractivity contribution in [3.05, 3.63) is 34.4 Å². The van der Waals surface area contributed by atoms with Crippen LogP contribution in [0, 0.1) is 0 Å². The van der Waals surface area contributed by atoms with E-state index >= 15 is 0 Å². The van der Waals surface area contributed by atoms with Crippen molar-refractivity contribution in [3.63, 3.8) is 0 Å². The maximum absolute atomic E-state index is 2.27. The summed E-state index contributed by atoms with van der Waals surface area (Å²) in [5, 5.41) is 0. The number of hydrogen-bond acceptors (Lipinski definition) is 0. The SMILES string of the molecule is CC(C)=C1CC2=CC=C1C2. The van der Waals surface area contributed by atoms with Crippen LogP contribution in [0.15, 0.2) is 34.4 Å². The van der Waals surface area contributed by atoms with Crippen molar-refractivity contribution in [2.24, 2.45) is 0 Å². The van der Waals surface area contributed by atoms with Gasteiger partial charge in [0.05, 0.1) is 0 Å². The Morgan fingerprint density at radius 1 is 1.20 bits per heavy atom. The Morgan fingerprint density at radius 3 is 2.30 bits per heavy atom. The summed E-state index contributed by atoms with van der Waals surface area (Å²) >= 11 is 0. The van der Waals surface area contributed by atoms with Crippen molar-refractivity contribution in [1.82, 2.24) is 0 Å². The summed E-state index contributed by atoms with van der Waals surface area (Å²) in [6.45, 7) is 4.41. The molecule has 52 valence electrons. The minimum absolute atomic E-state index is 1.23. The normalized spacial score (nSPS) is 21.2. The molecular weight excluding hydrogens is 120 g/mol. The van der Waals surface area contributed by atoms with E-state index in [1.807, 2.05) is 0 Å². The van der Waals surface area contributed by atoms with Crippen molar-refractivity contribution in [2.45, 2.75) is 26.7 Å². The Morgan fingerprint density at radius 2 is 2.00 bits per heavy atom. The maximum Gasteiger partial charge on any atom is -0.00578 e.